The van der Waals surface area contributed by atoms with E-state index in [0.717, 1.165) is 5.57 Å². The SMILES string of the molecule is C=C(C)COCCNCc1ccoc1C(=O)O. The molecule has 0 amide bonds. The van der Waals surface area contributed by atoms with Crippen LogP contribution in [0.15, 0.2) is 28.9 Å². The minimum Gasteiger partial charge on any atom is -0.475 e. The van der Waals surface area contributed by atoms with Crippen LogP contribution in [0.1, 0.15) is 23.0 Å². The van der Waals surface area contributed by atoms with Crippen molar-refractivity contribution in [3.63, 3.8) is 0 Å². The number of aromatic carboxylic acids is 1. The lowest BCUT2D eigenvalue weighted by Crippen LogP contribution is -2.20. The lowest BCUT2D eigenvalue weighted by molar-refractivity contribution is 0.0660. The van der Waals surface area contributed by atoms with Gasteiger partial charge in [-0.05, 0) is 13.0 Å². The van der Waals surface area contributed by atoms with Gasteiger partial charge >= 0.3 is 5.97 Å². The molecule has 0 radical (unpaired) electrons. The predicted octanol–water partition coefficient (Wildman–Crippen LogP) is 1.66. The standard InChI is InChI=1S/C12H17NO4/c1-9(2)8-16-6-4-13-7-10-3-5-17-11(10)12(14)15/h3,5,13H,1,4,6-8H2,2H3,(H,14,15). The maximum absolute atomic E-state index is 10.7. The third kappa shape index (κ3) is 4.84. The van der Waals surface area contributed by atoms with Crippen molar-refractivity contribution in [2.75, 3.05) is 19.8 Å². The summed E-state index contributed by atoms with van der Waals surface area (Å²) < 4.78 is 10.1. The fraction of sp³-hybridized carbons (Fsp3) is 0.417. The van der Waals surface area contributed by atoms with Crippen molar-refractivity contribution in [2.45, 2.75) is 13.5 Å². The van der Waals surface area contributed by atoms with Gasteiger partial charge in [0.1, 0.15) is 0 Å². The number of carbonyl (C=O) groups is 1. The molecule has 1 heterocycles. The van der Waals surface area contributed by atoms with E-state index in [1.807, 2.05) is 6.92 Å². The molecule has 5 heteroatoms. The first kappa shape index (κ1) is 13.5. The first-order valence-electron chi connectivity index (χ1n) is 5.33. The van der Waals surface area contributed by atoms with Gasteiger partial charge in [0.2, 0.25) is 5.76 Å². The van der Waals surface area contributed by atoms with E-state index in [1.165, 1.54) is 6.26 Å². The van der Waals surface area contributed by atoms with Crippen LogP contribution in [0.25, 0.3) is 0 Å². The quantitative estimate of drug-likeness (QED) is 0.533. The molecule has 0 spiro atoms. The average molecular weight is 239 g/mol. The topological polar surface area (TPSA) is 71.7 Å². The largest absolute Gasteiger partial charge is 0.475 e. The number of ether oxygens (including phenoxy) is 1. The molecule has 0 unspecified atom stereocenters. The van der Waals surface area contributed by atoms with Crippen molar-refractivity contribution in [3.05, 3.63) is 35.8 Å². The highest BCUT2D eigenvalue weighted by Crippen LogP contribution is 2.09. The van der Waals surface area contributed by atoms with E-state index in [2.05, 4.69) is 11.9 Å². The summed E-state index contributed by atoms with van der Waals surface area (Å²) in [5.74, 6) is -1.06. The van der Waals surface area contributed by atoms with Crippen LogP contribution in [0.4, 0.5) is 0 Å². The molecule has 1 aromatic rings. The fourth-order valence-electron chi connectivity index (χ4n) is 1.28. The van der Waals surface area contributed by atoms with Crippen molar-refractivity contribution in [2.24, 2.45) is 0 Å². The highest BCUT2D eigenvalue weighted by Gasteiger charge is 2.12. The number of hydrogen-bond acceptors (Lipinski definition) is 4. The van der Waals surface area contributed by atoms with Gasteiger partial charge in [-0.3, -0.25) is 0 Å². The van der Waals surface area contributed by atoms with E-state index in [-0.39, 0.29) is 5.76 Å². The van der Waals surface area contributed by atoms with Gasteiger partial charge in [-0.25, -0.2) is 4.79 Å². The smallest absolute Gasteiger partial charge is 0.372 e. The van der Waals surface area contributed by atoms with E-state index in [1.54, 1.807) is 6.07 Å². The summed E-state index contributed by atoms with van der Waals surface area (Å²) in [7, 11) is 0. The molecule has 0 aromatic carbocycles. The molecule has 5 nitrogen and oxygen atoms in total. The zero-order valence-corrected chi connectivity index (χ0v) is 9.86. The summed E-state index contributed by atoms with van der Waals surface area (Å²) in [6, 6.07) is 1.64. The van der Waals surface area contributed by atoms with Gasteiger partial charge in [0.05, 0.1) is 19.5 Å². The number of rotatable bonds is 8. The fourth-order valence-corrected chi connectivity index (χ4v) is 1.28. The van der Waals surface area contributed by atoms with Crippen LogP contribution in [0.3, 0.4) is 0 Å². The summed E-state index contributed by atoms with van der Waals surface area (Å²) in [5.41, 5.74) is 1.62. The molecular weight excluding hydrogens is 222 g/mol. The van der Waals surface area contributed by atoms with Crippen LogP contribution in [-0.2, 0) is 11.3 Å². The lowest BCUT2D eigenvalue weighted by Gasteiger charge is -2.05. The molecule has 94 valence electrons. The Bertz CT molecular complexity index is 384. The summed E-state index contributed by atoms with van der Waals surface area (Å²) in [5, 5.41) is 11.9. The maximum Gasteiger partial charge on any atom is 0.372 e. The number of hydrogen-bond donors (Lipinski definition) is 2. The molecular formula is C12H17NO4. The van der Waals surface area contributed by atoms with Crippen LogP contribution in [0.5, 0.6) is 0 Å². The molecule has 2 N–H and O–H groups in total. The van der Waals surface area contributed by atoms with Gasteiger partial charge < -0.3 is 19.6 Å². The van der Waals surface area contributed by atoms with E-state index in [0.29, 0.717) is 31.9 Å². The van der Waals surface area contributed by atoms with Crippen molar-refractivity contribution < 1.29 is 19.1 Å². The molecule has 0 aliphatic rings. The molecule has 1 aromatic heterocycles. The summed E-state index contributed by atoms with van der Waals surface area (Å²) >= 11 is 0. The first-order chi connectivity index (χ1) is 8.11. The van der Waals surface area contributed by atoms with Crippen molar-refractivity contribution in [1.29, 1.82) is 0 Å². The second-order valence-corrected chi connectivity index (χ2v) is 3.77. The van der Waals surface area contributed by atoms with Gasteiger partial charge in [0.25, 0.3) is 0 Å². The van der Waals surface area contributed by atoms with E-state index < -0.39 is 5.97 Å². The minimum atomic E-state index is -1.05. The van der Waals surface area contributed by atoms with Crippen LogP contribution in [0.2, 0.25) is 0 Å². The van der Waals surface area contributed by atoms with E-state index >= 15 is 0 Å². The molecule has 0 atom stereocenters. The molecule has 0 bridgehead atoms. The Hall–Kier alpha value is -1.59. The van der Waals surface area contributed by atoms with Gasteiger partial charge in [-0.2, -0.15) is 0 Å². The summed E-state index contributed by atoms with van der Waals surface area (Å²) in [4.78, 5) is 10.7. The number of carboxylic acid groups (broad SMARTS) is 1. The van der Waals surface area contributed by atoms with Crippen molar-refractivity contribution in [1.82, 2.24) is 5.32 Å². The molecule has 1 rings (SSSR count). The second kappa shape index (κ2) is 6.88. The Kier molecular flexibility index (Phi) is 5.45. The van der Waals surface area contributed by atoms with E-state index in [9.17, 15) is 4.79 Å². The van der Waals surface area contributed by atoms with Crippen LogP contribution < -0.4 is 5.32 Å². The molecule has 0 fully saturated rings. The average Bonchev–Trinajstić information content (AvgIpc) is 2.71. The molecule has 0 aliphatic heterocycles. The maximum atomic E-state index is 10.7. The normalized spacial score (nSPS) is 10.4. The third-order valence-electron chi connectivity index (χ3n) is 2.03. The van der Waals surface area contributed by atoms with Gasteiger partial charge in [-0.1, -0.05) is 12.2 Å². The predicted molar refractivity (Wildman–Crippen MR) is 63.0 cm³/mol. The van der Waals surface area contributed by atoms with Crippen molar-refractivity contribution in [3.8, 4) is 0 Å². The lowest BCUT2D eigenvalue weighted by atomic mass is 10.2. The highest BCUT2D eigenvalue weighted by atomic mass is 16.5. The summed E-state index contributed by atoms with van der Waals surface area (Å²) in [6.45, 7) is 7.84. The van der Waals surface area contributed by atoms with Gasteiger partial charge in [-0.15, -0.1) is 0 Å². The van der Waals surface area contributed by atoms with Gasteiger partial charge in [0.15, 0.2) is 0 Å². The first-order valence-corrected chi connectivity index (χ1v) is 5.33. The molecule has 0 aliphatic carbocycles. The Morgan fingerprint density at radius 3 is 3.06 bits per heavy atom. The Morgan fingerprint density at radius 2 is 2.41 bits per heavy atom. The Labute approximate surface area is 100 Å². The highest BCUT2D eigenvalue weighted by molar-refractivity contribution is 5.86. The van der Waals surface area contributed by atoms with Crippen LogP contribution in [-0.4, -0.2) is 30.8 Å². The van der Waals surface area contributed by atoms with E-state index in [4.69, 9.17) is 14.3 Å². The summed E-state index contributed by atoms with van der Waals surface area (Å²) in [6.07, 6.45) is 1.37. The molecule has 0 saturated carbocycles. The number of carboxylic acids is 1. The van der Waals surface area contributed by atoms with Gasteiger partial charge in [0, 0.05) is 18.7 Å². The third-order valence-corrected chi connectivity index (χ3v) is 2.03. The number of nitrogens with one attached hydrogen (secondary N) is 1. The molecule has 17 heavy (non-hydrogen) atoms. The Morgan fingerprint density at radius 1 is 1.65 bits per heavy atom. The van der Waals surface area contributed by atoms with Crippen LogP contribution in [0, 0.1) is 0 Å². The molecule has 0 saturated heterocycles. The minimum absolute atomic E-state index is 0.0136. The monoisotopic (exact) mass is 239 g/mol. The number of furan rings is 1. The van der Waals surface area contributed by atoms with Crippen LogP contribution >= 0.6 is 0 Å². The van der Waals surface area contributed by atoms with Crippen molar-refractivity contribution >= 4 is 5.97 Å². The Balaban J connectivity index is 2.20. The second-order valence-electron chi connectivity index (χ2n) is 3.77. The zero-order chi connectivity index (χ0) is 12.7. The zero-order valence-electron chi connectivity index (χ0n) is 9.86.